The van der Waals surface area contributed by atoms with E-state index >= 15 is 0 Å². The van der Waals surface area contributed by atoms with Crippen molar-refractivity contribution in [3.63, 3.8) is 0 Å². The molecule has 2 fully saturated rings. The molecule has 0 amide bonds. The van der Waals surface area contributed by atoms with E-state index in [0.717, 1.165) is 23.5 Å². The van der Waals surface area contributed by atoms with Crippen molar-refractivity contribution in [3.05, 3.63) is 42.0 Å². The molecule has 4 unspecified atom stereocenters. The fourth-order valence-corrected chi connectivity index (χ4v) is 4.88. The molecule has 0 N–H and O–H groups in total. The van der Waals surface area contributed by atoms with Crippen molar-refractivity contribution in [2.24, 2.45) is 17.8 Å². The smallest absolute Gasteiger partial charge is 0.119 e. The number of ether oxygens (including phenoxy) is 1. The highest BCUT2D eigenvalue weighted by Crippen LogP contribution is 2.60. The van der Waals surface area contributed by atoms with Gasteiger partial charge in [-0.3, -0.25) is 0 Å². The third kappa shape index (κ3) is 1.41. The molecule has 1 aromatic carbocycles. The maximum atomic E-state index is 5.43. The van der Waals surface area contributed by atoms with Crippen LogP contribution in [-0.2, 0) is 5.41 Å². The van der Waals surface area contributed by atoms with Crippen LogP contribution in [0, 0.1) is 17.8 Å². The molecule has 2 bridgehead atoms. The Morgan fingerprint density at radius 3 is 3.05 bits per heavy atom. The largest absolute Gasteiger partial charge is 0.497 e. The molecule has 0 spiro atoms. The second-order valence-corrected chi connectivity index (χ2v) is 6.47. The van der Waals surface area contributed by atoms with E-state index in [1.54, 1.807) is 7.11 Å². The van der Waals surface area contributed by atoms with E-state index in [1.807, 2.05) is 0 Å². The number of fused-ring (bicyclic) bond motifs is 5. The van der Waals surface area contributed by atoms with Gasteiger partial charge in [0.2, 0.25) is 0 Å². The van der Waals surface area contributed by atoms with Crippen LogP contribution in [0.1, 0.15) is 12.0 Å². The standard InChI is InChI=1S/C17H21NO/c1-18-10-16-12-6-7-14(8-12)17(16,11-18)13-4-3-5-15(9-13)19-2/h3-7,9,12,14,16H,8,10-11H2,1-2H3. The van der Waals surface area contributed by atoms with E-state index in [9.17, 15) is 0 Å². The minimum atomic E-state index is 0.336. The molecule has 1 aromatic rings. The van der Waals surface area contributed by atoms with E-state index in [2.05, 4.69) is 48.4 Å². The van der Waals surface area contributed by atoms with Crippen molar-refractivity contribution in [1.29, 1.82) is 0 Å². The average molecular weight is 255 g/mol. The van der Waals surface area contributed by atoms with Gasteiger partial charge in [0.15, 0.2) is 0 Å². The first-order valence-electron chi connectivity index (χ1n) is 7.25. The fourth-order valence-electron chi connectivity index (χ4n) is 4.88. The lowest BCUT2D eigenvalue weighted by molar-refractivity contribution is 0.306. The minimum absolute atomic E-state index is 0.336. The number of rotatable bonds is 2. The summed E-state index contributed by atoms with van der Waals surface area (Å²) in [5.74, 6) is 3.30. The molecule has 2 aliphatic carbocycles. The quantitative estimate of drug-likeness (QED) is 0.753. The zero-order valence-corrected chi connectivity index (χ0v) is 11.7. The van der Waals surface area contributed by atoms with E-state index in [-0.39, 0.29) is 0 Å². The molecular formula is C17H21NO. The van der Waals surface area contributed by atoms with E-state index < -0.39 is 0 Å². The molecule has 1 heterocycles. The van der Waals surface area contributed by atoms with Gasteiger partial charge in [-0.2, -0.15) is 0 Å². The summed E-state index contributed by atoms with van der Waals surface area (Å²) in [6.45, 7) is 2.43. The summed E-state index contributed by atoms with van der Waals surface area (Å²) in [7, 11) is 4.02. The van der Waals surface area contributed by atoms with E-state index in [4.69, 9.17) is 4.74 Å². The van der Waals surface area contributed by atoms with Gasteiger partial charge in [-0.25, -0.2) is 0 Å². The second-order valence-electron chi connectivity index (χ2n) is 6.47. The van der Waals surface area contributed by atoms with Crippen molar-refractivity contribution in [3.8, 4) is 5.75 Å². The first-order valence-corrected chi connectivity index (χ1v) is 7.25. The van der Waals surface area contributed by atoms with Gasteiger partial charge in [0.25, 0.3) is 0 Å². The van der Waals surface area contributed by atoms with Crippen molar-refractivity contribution in [2.45, 2.75) is 11.8 Å². The van der Waals surface area contributed by atoms with Crippen molar-refractivity contribution in [2.75, 3.05) is 27.2 Å². The Hall–Kier alpha value is -1.28. The molecular weight excluding hydrogens is 234 g/mol. The third-order valence-corrected chi connectivity index (χ3v) is 5.60. The summed E-state index contributed by atoms with van der Waals surface area (Å²) in [5, 5.41) is 0. The predicted octanol–water partition coefficient (Wildman–Crippen LogP) is 2.70. The average Bonchev–Trinajstić information content (AvgIpc) is 3.09. The first kappa shape index (κ1) is 11.5. The molecule has 19 heavy (non-hydrogen) atoms. The molecule has 2 nitrogen and oxygen atoms in total. The third-order valence-electron chi connectivity index (χ3n) is 5.60. The normalized spacial score (nSPS) is 39.8. The fraction of sp³-hybridized carbons (Fsp3) is 0.529. The number of nitrogens with zero attached hydrogens (tertiary/aromatic N) is 1. The Kier molecular flexibility index (Phi) is 2.34. The Balaban J connectivity index is 1.84. The summed E-state index contributed by atoms with van der Waals surface area (Å²) in [6.07, 6.45) is 6.29. The van der Waals surface area contributed by atoms with Crippen molar-refractivity contribution >= 4 is 0 Å². The number of allylic oxidation sites excluding steroid dienone is 2. The Morgan fingerprint density at radius 1 is 1.32 bits per heavy atom. The summed E-state index contributed by atoms with van der Waals surface area (Å²) in [6, 6.07) is 8.77. The lowest BCUT2D eigenvalue weighted by Gasteiger charge is -2.37. The first-order chi connectivity index (χ1) is 9.24. The SMILES string of the molecule is COc1cccc(C23CN(C)CC2C2C=CC3C2)c1. The summed E-state index contributed by atoms with van der Waals surface area (Å²) in [4.78, 5) is 2.51. The lowest BCUT2D eigenvalue weighted by atomic mass is 9.66. The van der Waals surface area contributed by atoms with Crippen LogP contribution in [0.25, 0.3) is 0 Å². The second kappa shape index (κ2) is 3.86. The number of likely N-dealkylation sites (tertiary alicyclic amines) is 1. The van der Waals surface area contributed by atoms with Crippen LogP contribution in [0.15, 0.2) is 36.4 Å². The maximum Gasteiger partial charge on any atom is 0.119 e. The number of likely N-dealkylation sites (N-methyl/N-ethyl adjacent to an activating group) is 1. The highest BCUT2D eigenvalue weighted by atomic mass is 16.5. The van der Waals surface area contributed by atoms with Crippen LogP contribution in [0.4, 0.5) is 0 Å². The van der Waals surface area contributed by atoms with E-state index in [0.29, 0.717) is 5.41 Å². The topological polar surface area (TPSA) is 12.5 Å². The Bertz CT molecular complexity index is 538. The van der Waals surface area contributed by atoms with Gasteiger partial charge in [-0.1, -0.05) is 24.3 Å². The summed E-state index contributed by atoms with van der Waals surface area (Å²) >= 11 is 0. The van der Waals surface area contributed by atoms with Gasteiger partial charge in [-0.15, -0.1) is 0 Å². The monoisotopic (exact) mass is 255 g/mol. The van der Waals surface area contributed by atoms with Crippen LogP contribution < -0.4 is 4.74 Å². The van der Waals surface area contributed by atoms with Crippen LogP contribution in [0.2, 0.25) is 0 Å². The Labute approximate surface area is 115 Å². The van der Waals surface area contributed by atoms with Gasteiger partial charge in [0, 0.05) is 18.5 Å². The molecule has 0 aromatic heterocycles. The summed E-state index contributed by atoms with van der Waals surface area (Å²) < 4.78 is 5.43. The molecule has 1 aliphatic heterocycles. The van der Waals surface area contributed by atoms with Crippen LogP contribution in [0.3, 0.4) is 0 Å². The Morgan fingerprint density at radius 2 is 2.21 bits per heavy atom. The number of hydrogen-bond donors (Lipinski definition) is 0. The molecule has 1 saturated carbocycles. The zero-order valence-electron chi connectivity index (χ0n) is 11.7. The highest BCUT2D eigenvalue weighted by molar-refractivity contribution is 5.42. The highest BCUT2D eigenvalue weighted by Gasteiger charge is 2.60. The van der Waals surface area contributed by atoms with Crippen molar-refractivity contribution < 1.29 is 4.74 Å². The number of methoxy groups -OCH3 is 1. The van der Waals surface area contributed by atoms with Crippen molar-refractivity contribution in [1.82, 2.24) is 4.90 Å². The molecule has 100 valence electrons. The molecule has 2 heteroatoms. The molecule has 1 saturated heterocycles. The van der Waals surface area contributed by atoms with Crippen LogP contribution in [0.5, 0.6) is 5.75 Å². The van der Waals surface area contributed by atoms with Gasteiger partial charge < -0.3 is 9.64 Å². The van der Waals surface area contributed by atoms with Crippen LogP contribution >= 0.6 is 0 Å². The number of benzene rings is 1. The predicted molar refractivity (Wildman–Crippen MR) is 76.4 cm³/mol. The summed E-state index contributed by atoms with van der Waals surface area (Å²) in [5.41, 5.74) is 1.82. The van der Waals surface area contributed by atoms with Crippen LogP contribution in [-0.4, -0.2) is 32.1 Å². The number of hydrogen-bond acceptors (Lipinski definition) is 2. The minimum Gasteiger partial charge on any atom is -0.497 e. The zero-order chi connectivity index (χ0) is 13.0. The van der Waals surface area contributed by atoms with Gasteiger partial charge in [-0.05, 0) is 48.9 Å². The van der Waals surface area contributed by atoms with Gasteiger partial charge >= 0.3 is 0 Å². The lowest BCUT2D eigenvalue weighted by Crippen LogP contribution is -2.39. The molecule has 4 atom stereocenters. The van der Waals surface area contributed by atoms with Gasteiger partial charge in [0.05, 0.1) is 7.11 Å². The van der Waals surface area contributed by atoms with E-state index in [1.165, 1.54) is 25.1 Å². The van der Waals surface area contributed by atoms with Gasteiger partial charge in [0.1, 0.15) is 5.75 Å². The maximum absolute atomic E-state index is 5.43. The molecule has 3 aliphatic rings. The molecule has 0 radical (unpaired) electrons. The molecule has 4 rings (SSSR count).